The molecule has 1 saturated heterocycles. The molecule has 0 aliphatic carbocycles. The highest BCUT2D eigenvalue weighted by Crippen LogP contribution is 2.31. The van der Waals surface area contributed by atoms with Gasteiger partial charge in [-0.25, -0.2) is 9.07 Å². The molecular weight excluding hydrogens is 523 g/mol. The van der Waals surface area contributed by atoms with Gasteiger partial charge in [0.1, 0.15) is 11.6 Å². The van der Waals surface area contributed by atoms with Crippen LogP contribution in [0.15, 0.2) is 72.9 Å². The maximum Gasteiger partial charge on any atom is 0.227 e. The van der Waals surface area contributed by atoms with Crippen LogP contribution in [0.1, 0.15) is 41.6 Å². The average Bonchev–Trinajstić information content (AvgIpc) is 3.58. The van der Waals surface area contributed by atoms with Crippen molar-refractivity contribution in [3.63, 3.8) is 0 Å². The van der Waals surface area contributed by atoms with Crippen molar-refractivity contribution in [2.45, 2.75) is 44.9 Å². The highest BCUT2D eigenvalue weighted by molar-refractivity contribution is 5.86. The van der Waals surface area contributed by atoms with Crippen LogP contribution in [-0.2, 0) is 29.2 Å². The molecule has 10 heteroatoms. The van der Waals surface area contributed by atoms with E-state index in [1.54, 1.807) is 19.4 Å². The highest BCUT2D eigenvalue weighted by Gasteiger charge is 2.33. The number of ether oxygens (including phenoxy) is 1. The van der Waals surface area contributed by atoms with E-state index in [2.05, 4.69) is 26.3 Å². The Kier molecular flexibility index (Phi) is 8.69. The van der Waals surface area contributed by atoms with E-state index in [1.165, 1.54) is 13.0 Å². The van der Waals surface area contributed by atoms with Crippen molar-refractivity contribution in [1.29, 1.82) is 0 Å². The van der Waals surface area contributed by atoms with Gasteiger partial charge in [0.05, 0.1) is 31.5 Å². The molecule has 1 fully saturated rings. The van der Waals surface area contributed by atoms with Crippen molar-refractivity contribution < 1.29 is 18.7 Å². The SMILES string of the molecule is COc1ccc(Cn2nncc2CNCc2ccc(-c3ccc(C4C[C@@H](CNC(C)=O)NC4=O)cc3F)cc2)cc1. The van der Waals surface area contributed by atoms with E-state index in [1.807, 2.05) is 59.3 Å². The lowest BCUT2D eigenvalue weighted by Crippen LogP contribution is -2.37. The van der Waals surface area contributed by atoms with Crippen LogP contribution in [0.5, 0.6) is 5.75 Å². The zero-order valence-electron chi connectivity index (χ0n) is 23.1. The van der Waals surface area contributed by atoms with Gasteiger partial charge in [-0.15, -0.1) is 5.10 Å². The fourth-order valence-electron chi connectivity index (χ4n) is 5.01. The summed E-state index contributed by atoms with van der Waals surface area (Å²) in [5.41, 5.74) is 5.01. The molecule has 1 unspecified atom stereocenters. The molecule has 3 aromatic carbocycles. The van der Waals surface area contributed by atoms with Gasteiger partial charge in [-0.05, 0) is 46.9 Å². The molecule has 0 bridgehead atoms. The van der Waals surface area contributed by atoms with E-state index in [-0.39, 0.29) is 23.7 Å². The van der Waals surface area contributed by atoms with E-state index >= 15 is 4.39 Å². The lowest BCUT2D eigenvalue weighted by molar-refractivity contribution is -0.121. The predicted octanol–water partition coefficient (Wildman–Crippen LogP) is 3.54. The van der Waals surface area contributed by atoms with Crippen molar-refractivity contribution in [2.75, 3.05) is 13.7 Å². The van der Waals surface area contributed by atoms with E-state index in [4.69, 9.17) is 4.74 Å². The van der Waals surface area contributed by atoms with Gasteiger partial charge < -0.3 is 20.7 Å². The van der Waals surface area contributed by atoms with Crippen LogP contribution in [0.4, 0.5) is 4.39 Å². The van der Waals surface area contributed by atoms with Gasteiger partial charge >= 0.3 is 0 Å². The molecule has 4 aromatic rings. The number of carbonyl (C=O) groups excluding carboxylic acids is 2. The summed E-state index contributed by atoms with van der Waals surface area (Å²) in [6.45, 7) is 3.64. The largest absolute Gasteiger partial charge is 0.497 e. The Bertz CT molecular complexity index is 1500. The third-order valence-corrected chi connectivity index (χ3v) is 7.27. The molecular formula is C31H33FN6O3. The zero-order valence-corrected chi connectivity index (χ0v) is 23.1. The zero-order chi connectivity index (χ0) is 28.8. The topological polar surface area (TPSA) is 110 Å². The van der Waals surface area contributed by atoms with Crippen molar-refractivity contribution in [3.05, 3.63) is 101 Å². The molecule has 5 rings (SSSR count). The number of carbonyl (C=O) groups is 2. The number of nitrogens with one attached hydrogen (secondary N) is 3. The maximum absolute atomic E-state index is 15.1. The molecule has 2 atom stereocenters. The quantitative estimate of drug-likeness (QED) is 0.261. The monoisotopic (exact) mass is 556 g/mol. The molecule has 0 spiro atoms. The Labute approximate surface area is 238 Å². The number of rotatable bonds is 11. The molecule has 2 amide bonds. The average molecular weight is 557 g/mol. The molecule has 1 aliphatic rings. The minimum absolute atomic E-state index is 0.148. The van der Waals surface area contributed by atoms with Gasteiger partial charge in [0.15, 0.2) is 0 Å². The molecule has 9 nitrogen and oxygen atoms in total. The van der Waals surface area contributed by atoms with Crippen LogP contribution >= 0.6 is 0 Å². The van der Waals surface area contributed by atoms with Gasteiger partial charge in [0, 0.05) is 38.2 Å². The third-order valence-electron chi connectivity index (χ3n) is 7.27. The summed E-state index contributed by atoms with van der Waals surface area (Å²) in [7, 11) is 1.65. The van der Waals surface area contributed by atoms with Crippen LogP contribution in [0.25, 0.3) is 11.1 Å². The standard InChI is InChI=1S/C31H33FN6O3/c1-20(39)34-16-25-14-29(31(40)36-25)24-9-12-28(30(32)13-24)23-7-3-21(4-8-23)15-33-17-26-18-35-37-38(26)19-22-5-10-27(41-2)11-6-22/h3-13,18,25,29,33H,14-17,19H2,1-2H3,(H,34,39)(H,36,40)/t25-,29?/m0/s1. The molecule has 0 radical (unpaired) electrons. The third kappa shape index (κ3) is 6.96. The second kappa shape index (κ2) is 12.7. The Morgan fingerprint density at radius 3 is 2.54 bits per heavy atom. The van der Waals surface area contributed by atoms with Gasteiger partial charge in [-0.1, -0.05) is 53.7 Å². The van der Waals surface area contributed by atoms with Gasteiger partial charge in [0.25, 0.3) is 0 Å². The van der Waals surface area contributed by atoms with E-state index in [9.17, 15) is 9.59 Å². The van der Waals surface area contributed by atoms with Crippen molar-refractivity contribution in [3.8, 4) is 16.9 Å². The molecule has 2 heterocycles. The second-order valence-corrected chi connectivity index (χ2v) is 10.2. The van der Waals surface area contributed by atoms with Gasteiger partial charge in [-0.2, -0.15) is 0 Å². The highest BCUT2D eigenvalue weighted by atomic mass is 19.1. The molecule has 1 aliphatic heterocycles. The maximum atomic E-state index is 15.1. The van der Waals surface area contributed by atoms with Crippen molar-refractivity contribution in [1.82, 2.24) is 30.9 Å². The summed E-state index contributed by atoms with van der Waals surface area (Å²) >= 11 is 0. The molecule has 1 aromatic heterocycles. The Morgan fingerprint density at radius 2 is 1.83 bits per heavy atom. The first-order valence-corrected chi connectivity index (χ1v) is 13.5. The van der Waals surface area contributed by atoms with Crippen LogP contribution in [0, 0.1) is 5.82 Å². The van der Waals surface area contributed by atoms with Crippen LogP contribution in [0.2, 0.25) is 0 Å². The number of hydrogen-bond acceptors (Lipinski definition) is 6. The summed E-state index contributed by atoms with van der Waals surface area (Å²) in [5, 5.41) is 17.3. The molecule has 0 saturated carbocycles. The minimum atomic E-state index is -0.437. The summed E-state index contributed by atoms with van der Waals surface area (Å²) in [4.78, 5) is 23.6. The number of amides is 2. The summed E-state index contributed by atoms with van der Waals surface area (Å²) in [6, 6.07) is 20.4. The van der Waals surface area contributed by atoms with Crippen LogP contribution in [0.3, 0.4) is 0 Å². The van der Waals surface area contributed by atoms with Crippen molar-refractivity contribution >= 4 is 11.8 Å². The van der Waals surface area contributed by atoms with Crippen molar-refractivity contribution in [2.24, 2.45) is 0 Å². The lowest BCUT2D eigenvalue weighted by atomic mass is 9.93. The van der Waals surface area contributed by atoms with E-state index in [0.717, 1.165) is 28.1 Å². The van der Waals surface area contributed by atoms with Gasteiger partial charge in [0.2, 0.25) is 11.8 Å². The second-order valence-electron chi connectivity index (χ2n) is 10.2. The van der Waals surface area contributed by atoms with E-state index in [0.29, 0.717) is 43.7 Å². The fourth-order valence-corrected chi connectivity index (χ4v) is 5.01. The van der Waals surface area contributed by atoms with Crippen LogP contribution < -0.4 is 20.7 Å². The fraction of sp³-hybridized carbons (Fsp3) is 0.290. The smallest absolute Gasteiger partial charge is 0.227 e. The number of halogens is 1. The summed E-state index contributed by atoms with van der Waals surface area (Å²) < 4.78 is 22.2. The molecule has 41 heavy (non-hydrogen) atoms. The Balaban J connectivity index is 1.15. The molecule has 212 valence electrons. The first kappa shape index (κ1) is 28.0. The first-order chi connectivity index (χ1) is 19.9. The Hall–Kier alpha value is -4.57. The van der Waals surface area contributed by atoms with Crippen LogP contribution in [-0.4, -0.2) is 46.5 Å². The minimum Gasteiger partial charge on any atom is -0.497 e. The number of benzene rings is 3. The van der Waals surface area contributed by atoms with Gasteiger partial charge in [-0.3, -0.25) is 9.59 Å². The number of aromatic nitrogens is 3. The molecule has 3 N–H and O–H groups in total. The first-order valence-electron chi connectivity index (χ1n) is 13.5. The summed E-state index contributed by atoms with van der Waals surface area (Å²) in [5.74, 6) is -0.292. The Morgan fingerprint density at radius 1 is 1.07 bits per heavy atom. The van der Waals surface area contributed by atoms with E-state index < -0.39 is 5.92 Å². The normalized spacial score (nSPS) is 16.4. The number of nitrogens with zero attached hydrogens (tertiary/aromatic N) is 3. The number of hydrogen-bond donors (Lipinski definition) is 3. The lowest BCUT2D eigenvalue weighted by Gasteiger charge is -2.12. The predicted molar refractivity (Wildman–Crippen MR) is 152 cm³/mol. The summed E-state index contributed by atoms with van der Waals surface area (Å²) in [6.07, 6.45) is 2.27. The number of methoxy groups -OCH3 is 1.